The number of carbonyl (C=O) groups is 2. The molecule has 0 bridgehead atoms. The maximum Gasteiger partial charge on any atom is 0.224 e. The van der Waals surface area contributed by atoms with Crippen molar-refractivity contribution >= 4 is 23.2 Å². The third kappa shape index (κ3) is 5.28. The van der Waals surface area contributed by atoms with Gasteiger partial charge in [0.1, 0.15) is 5.75 Å². The summed E-state index contributed by atoms with van der Waals surface area (Å²) in [6, 6.07) is 15.8. The molecule has 0 N–H and O–H groups in total. The number of benzene rings is 2. The largest absolute Gasteiger partial charge is 0.497 e. The van der Waals surface area contributed by atoms with E-state index in [9.17, 15) is 9.59 Å². The first kappa shape index (κ1) is 20.7. The highest BCUT2D eigenvalue weighted by Gasteiger charge is 2.22. The van der Waals surface area contributed by atoms with Crippen LogP contribution in [0.4, 0.5) is 11.4 Å². The van der Waals surface area contributed by atoms with Crippen LogP contribution in [0.15, 0.2) is 48.5 Å². The third-order valence-electron chi connectivity index (χ3n) is 5.34. The van der Waals surface area contributed by atoms with E-state index in [2.05, 4.69) is 4.90 Å². The summed E-state index contributed by atoms with van der Waals surface area (Å²) in [7, 11) is 1.66. The molecule has 0 unspecified atom stereocenters. The number of piperazine rings is 1. The van der Waals surface area contributed by atoms with Crippen LogP contribution in [0, 0.1) is 6.92 Å². The number of methoxy groups -OCH3 is 1. The summed E-state index contributed by atoms with van der Waals surface area (Å²) >= 11 is 0. The summed E-state index contributed by atoms with van der Waals surface area (Å²) in [5, 5.41) is 0. The van der Waals surface area contributed by atoms with Gasteiger partial charge in [0.15, 0.2) is 0 Å². The van der Waals surface area contributed by atoms with Crippen molar-refractivity contribution in [2.24, 2.45) is 0 Å². The molecule has 0 spiro atoms. The van der Waals surface area contributed by atoms with Gasteiger partial charge in [0.25, 0.3) is 0 Å². The zero-order chi connectivity index (χ0) is 20.8. The molecule has 2 aromatic carbocycles. The fourth-order valence-electron chi connectivity index (χ4n) is 3.57. The average molecular weight is 396 g/mol. The first-order chi connectivity index (χ1) is 14.0. The minimum atomic E-state index is -0.0500. The predicted octanol–water partition coefficient (Wildman–Crippen LogP) is 3.10. The van der Waals surface area contributed by atoms with Crippen molar-refractivity contribution in [1.29, 1.82) is 0 Å². The lowest BCUT2D eigenvalue weighted by atomic mass is 10.2. The lowest BCUT2D eigenvalue weighted by Gasteiger charge is -2.36. The number of rotatable bonds is 6. The van der Waals surface area contributed by atoms with Crippen molar-refractivity contribution in [2.75, 3.05) is 49.6 Å². The Morgan fingerprint density at radius 2 is 1.59 bits per heavy atom. The third-order valence-corrected chi connectivity index (χ3v) is 5.34. The minimum absolute atomic E-state index is 0.0500. The number of carbonyl (C=O) groups excluding carboxylic acids is 2. The quantitative estimate of drug-likeness (QED) is 0.754. The van der Waals surface area contributed by atoms with Gasteiger partial charge in [0.2, 0.25) is 11.8 Å². The molecule has 1 aliphatic rings. The van der Waals surface area contributed by atoms with Crippen LogP contribution in [-0.2, 0) is 9.59 Å². The van der Waals surface area contributed by atoms with Crippen LogP contribution in [-0.4, -0.2) is 56.5 Å². The molecule has 1 fully saturated rings. The van der Waals surface area contributed by atoms with Crippen LogP contribution in [0.3, 0.4) is 0 Å². The fourth-order valence-corrected chi connectivity index (χ4v) is 3.57. The van der Waals surface area contributed by atoms with Gasteiger partial charge in [-0.2, -0.15) is 0 Å². The smallest absolute Gasteiger partial charge is 0.224 e. The summed E-state index contributed by atoms with van der Waals surface area (Å²) in [6.45, 7) is 6.93. The SMILES string of the molecule is COc1ccc(N2CCN(C(=O)CCN(C(C)=O)c3ccc(C)cc3)CC2)cc1. The van der Waals surface area contributed by atoms with Crippen molar-refractivity contribution in [1.82, 2.24) is 4.90 Å². The second kappa shape index (κ2) is 9.45. The molecule has 2 aromatic rings. The van der Waals surface area contributed by atoms with Gasteiger partial charge < -0.3 is 19.4 Å². The van der Waals surface area contributed by atoms with E-state index in [1.807, 2.05) is 60.4 Å². The van der Waals surface area contributed by atoms with Gasteiger partial charge in [0.05, 0.1) is 7.11 Å². The van der Waals surface area contributed by atoms with Crippen LogP contribution in [0.5, 0.6) is 5.75 Å². The molecule has 0 aromatic heterocycles. The number of aryl methyl sites for hydroxylation is 1. The Labute approximate surface area is 172 Å². The molecule has 6 nitrogen and oxygen atoms in total. The average Bonchev–Trinajstić information content (AvgIpc) is 2.75. The number of ether oxygens (including phenoxy) is 1. The van der Waals surface area contributed by atoms with E-state index < -0.39 is 0 Å². The van der Waals surface area contributed by atoms with Gasteiger partial charge in [-0.25, -0.2) is 0 Å². The number of nitrogens with zero attached hydrogens (tertiary/aromatic N) is 3. The molecule has 1 saturated heterocycles. The molecule has 0 atom stereocenters. The fraction of sp³-hybridized carbons (Fsp3) is 0.391. The van der Waals surface area contributed by atoms with Crippen LogP contribution in [0.1, 0.15) is 18.9 Å². The molecule has 154 valence electrons. The monoisotopic (exact) mass is 395 g/mol. The highest BCUT2D eigenvalue weighted by atomic mass is 16.5. The lowest BCUT2D eigenvalue weighted by molar-refractivity contribution is -0.131. The molecule has 0 saturated carbocycles. The second-order valence-corrected chi connectivity index (χ2v) is 7.32. The molecular weight excluding hydrogens is 366 g/mol. The Morgan fingerprint density at radius 3 is 2.14 bits per heavy atom. The molecule has 29 heavy (non-hydrogen) atoms. The Bertz CT molecular complexity index is 825. The van der Waals surface area contributed by atoms with Crippen molar-refractivity contribution in [3.63, 3.8) is 0 Å². The molecular formula is C23H29N3O3. The number of anilines is 2. The summed E-state index contributed by atoms with van der Waals surface area (Å²) in [6.07, 6.45) is 0.329. The van der Waals surface area contributed by atoms with E-state index in [-0.39, 0.29) is 11.8 Å². The van der Waals surface area contributed by atoms with Crippen LogP contribution in [0.2, 0.25) is 0 Å². The maximum absolute atomic E-state index is 12.7. The van der Waals surface area contributed by atoms with Crippen molar-refractivity contribution in [3.8, 4) is 5.75 Å². The normalized spacial score (nSPS) is 13.9. The van der Waals surface area contributed by atoms with Crippen molar-refractivity contribution in [3.05, 3.63) is 54.1 Å². The van der Waals surface area contributed by atoms with Crippen LogP contribution < -0.4 is 14.5 Å². The molecule has 1 aliphatic heterocycles. The van der Waals surface area contributed by atoms with Gasteiger partial charge in [-0.1, -0.05) is 17.7 Å². The molecule has 1 heterocycles. The van der Waals surface area contributed by atoms with E-state index in [0.29, 0.717) is 26.1 Å². The Morgan fingerprint density at radius 1 is 0.966 bits per heavy atom. The van der Waals surface area contributed by atoms with Gasteiger partial charge in [-0.05, 0) is 43.3 Å². The topological polar surface area (TPSA) is 53.1 Å². The zero-order valence-corrected chi connectivity index (χ0v) is 17.4. The van der Waals surface area contributed by atoms with E-state index in [0.717, 1.165) is 35.8 Å². The second-order valence-electron chi connectivity index (χ2n) is 7.32. The first-order valence-corrected chi connectivity index (χ1v) is 9.99. The summed E-state index contributed by atoms with van der Waals surface area (Å²) in [5.41, 5.74) is 3.11. The van der Waals surface area contributed by atoms with Gasteiger partial charge >= 0.3 is 0 Å². The highest BCUT2D eigenvalue weighted by molar-refractivity contribution is 5.92. The van der Waals surface area contributed by atoms with E-state index in [1.54, 1.807) is 12.0 Å². The summed E-state index contributed by atoms with van der Waals surface area (Å²) in [4.78, 5) is 30.6. The van der Waals surface area contributed by atoms with Crippen molar-refractivity contribution in [2.45, 2.75) is 20.3 Å². The molecule has 2 amide bonds. The van der Waals surface area contributed by atoms with Crippen LogP contribution >= 0.6 is 0 Å². The number of hydrogen-bond donors (Lipinski definition) is 0. The molecule has 3 rings (SSSR count). The van der Waals surface area contributed by atoms with Gasteiger partial charge in [0, 0.05) is 57.4 Å². The van der Waals surface area contributed by atoms with Gasteiger partial charge in [-0.15, -0.1) is 0 Å². The zero-order valence-electron chi connectivity index (χ0n) is 17.4. The Hall–Kier alpha value is -3.02. The van der Waals surface area contributed by atoms with Crippen LogP contribution in [0.25, 0.3) is 0 Å². The first-order valence-electron chi connectivity index (χ1n) is 9.99. The minimum Gasteiger partial charge on any atom is -0.497 e. The number of amides is 2. The number of hydrogen-bond acceptors (Lipinski definition) is 4. The summed E-state index contributed by atoms with van der Waals surface area (Å²) in [5.74, 6) is 0.884. The molecule has 6 heteroatoms. The summed E-state index contributed by atoms with van der Waals surface area (Å²) < 4.78 is 5.21. The predicted molar refractivity (Wildman–Crippen MR) is 116 cm³/mol. The standard InChI is InChI=1S/C23H29N3O3/c1-18-4-6-21(7-5-18)26(19(2)27)13-12-23(28)25-16-14-24(15-17-25)20-8-10-22(29-3)11-9-20/h4-11H,12-17H2,1-3H3. The maximum atomic E-state index is 12.7. The molecule has 0 aliphatic carbocycles. The Kier molecular flexibility index (Phi) is 6.75. The Balaban J connectivity index is 1.52. The van der Waals surface area contributed by atoms with Crippen molar-refractivity contribution < 1.29 is 14.3 Å². The van der Waals surface area contributed by atoms with E-state index in [4.69, 9.17) is 4.74 Å². The van der Waals surface area contributed by atoms with Gasteiger partial charge in [-0.3, -0.25) is 9.59 Å². The van der Waals surface area contributed by atoms with E-state index >= 15 is 0 Å². The highest BCUT2D eigenvalue weighted by Crippen LogP contribution is 2.21. The van der Waals surface area contributed by atoms with E-state index in [1.165, 1.54) is 6.92 Å². The molecule has 0 radical (unpaired) electrons. The lowest BCUT2D eigenvalue weighted by Crippen LogP contribution is -2.49.